The maximum absolute atomic E-state index is 12.1. The number of hydrogen-bond acceptors (Lipinski definition) is 3. The van der Waals surface area contributed by atoms with Crippen LogP contribution in [0.4, 0.5) is 0 Å². The molecule has 1 aromatic carbocycles. The van der Waals surface area contributed by atoms with Crippen LogP contribution in [0, 0.1) is 6.92 Å². The van der Waals surface area contributed by atoms with Gasteiger partial charge in [-0.05, 0) is 37.1 Å². The first-order chi connectivity index (χ1) is 8.10. The van der Waals surface area contributed by atoms with Gasteiger partial charge in [0.25, 0.3) is 0 Å². The Labute approximate surface area is 105 Å². The quantitative estimate of drug-likeness (QED) is 0.640. The number of carbonyl (C=O) groups is 2. The van der Waals surface area contributed by atoms with Gasteiger partial charge in [-0.25, -0.2) is 0 Å². The molecule has 0 aromatic heterocycles. The molecule has 0 radical (unpaired) electrons. The highest BCUT2D eigenvalue weighted by Gasteiger charge is 2.24. The maximum atomic E-state index is 12.1. The Morgan fingerprint density at radius 3 is 2.65 bits per heavy atom. The molecule has 0 bridgehead atoms. The second kappa shape index (κ2) is 4.34. The molecule has 3 heteroatoms. The van der Waals surface area contributed by atoms with E-state index in [4.69, 9.17) is 0 Å². The molecule has 2 rings (SSSR count). The van der Waals surface area contributed by atoms with E-state index in [9.17, 15) is 9.59 Å². The number of aldehydes is 1. The average Bonchev–Trinajstić information content (AvgIpc) is 2.62. The highest BCUT2D eigenvalue weighted by atomic mass is 32.1. The maximum Gasteiger partial charge on any atom is 0.193 e. The highest BCUT2D eigenvalue weighted by Crippen LogP contribution is 2.33. The van der Waals surface area contributed by atoms with E-state index in [1.54, 1.807) is 12.1 Å². The molecule has 0 saturated heterocycles. The minimum Gasteiger partial charge on any atom is -0.298 e. The lowest BCUT2D eigenvalue weighted by atomic mass is 10.00. The van der Waals surface area contributed by atoms with Crippen LogP contribution in [-0.2, 0) is 0 Å². The van der Waals surface area contributed by atoms with Gasteiger partial charge in [0.15, 0.2) is 12.1 Å². The van der Waals surface area contributed by atoms with Crippen LogP contribution in [0.5, 0.6) is 0 Å². The van der Waals surface area contributed by atoms with Gasteiger partial charge in [0.05, 0.1) is 0 Å². The van der Waals surface area contributed by atoms with Crippen molar-refractivity contribution in [2.45, 2.75) is 18.7 Å². The second-order valence-corrected chi connectivity index (χ2v) is 4.39. The summed E-state index contributed by atoms with van der Waals surface area (Å²) >= 11 is 4.31. The molecule has 1 aromatic rings. The minimum absolute atomic E-state index is 0.0300. The number of rotatable bonds is 2. The molecule has 0 heterocycles. The van der Waals surface area contributed by atoms with Crippen molar-refractivity contribution < 1.29 is 9.59 Å². The monoisotopic (exact) mass is 244 g/mol. The fraction of sp³-hybridized carbons (Fsp3) is 0.143. The minimum atomic E-state index is -0.0300. The summed E-state index contributed by atoms with van der Waals surface area (Å²) in [5, 5.41) is 0. The molecule has 0 N–H and O–H groups in total. The van der Waals surface area contributed by atoms with E-state index in [1.807, 2.05) is 26.0 Å². The van der Waals surface area contributed by atoms with Crippen molar-refractivity contribution in [1.82, 2.24) is 0 Å². The molecular formula is C14H12O2S. The number of carbonyl (C=O) groups excluding carboxylic acids is 2. The molecule has 1 aliphatic rings. The van der Waals surface area contributed by atoms with Crippen LogP contribution in [0.25, 0.3) is 6.08 Å². The molecule has 0 aliphatic heterocycles. The van der Waals surface area contributed by atoms with Gasteiger partial charge in [-0.1, -0.05) is 12.2 Å². The molecule has 2 nitrogen and oxygen atoms in total. The molecule has 17 heavy (non-hydrogen) atoms. The van der Waals surface area contributed by atoms with Gasteiger partial charge in [0.1, 0.15) is 0 Å². The zero-order valence-electron chi connectivity index (χ0n) is 9.65. The molecular weight excluding hydrogens is 232 g/mol. The van der Waals surface area contributed by atoms with Gasteiger partial charge in [-0.3, -0.25) is 9.59 Å². The van der Waals surface area contributed by atoms with Gasteiger partial charge >= 0.3 is 0 Å². The topological polar surface area (TPSA) is 34.1 Å². The van der Waals surface area contributed by atoms with Crippen LogP contribution in [-0.4, -0.2) is 12.1 Å². The van der Waals surface area contributed by atoms with Crippen LogP contribution in [0.15, 0.2) is 28.7 Å². The van der Waals surface area contributed by atoms with E-state index in [1.165, 1.54) is 0 Å². The summed E-state index contributed by atoms with van der Waals surface area (Å²) in [5.74, 6) is -0.0300. The number of ketones is 1. The Kier molecular flexibility index (Phi) is 3.03. The average molecular weight is 244 g/mol. The SMILES string of the molecule is CC=CC1=Cc2c(cc(C=O)c(S)c2C)C1=O. The van der Waals surface area contributed by atoms with Gasteiger partial charge in [-0.2, -0.15) is 0 Å². The normalized spacial score (nSPS) is 14.1. The first kappa shape index (κ1) is 11.9. The third kappa shape index (κ3) is 1.76. The number of benzene rings is 1. The first-order valence-corrected chi connectivity index (χ1v) is 5.75. The second-order valence-electron chi connectivity index (χ2n) is 3.95. The number of allylic oxidation sites excluding steroid dienone is 3. The lowest BCUT2D eigenvalue weighted by molar-refractivity contribution is 0.104. The third-order valence-electron chi connectivity index (χ3n) is 2.90. The Balaban J connectivity index is 2.68. The van der Waals surface area contributed by atoms with Gasteiger partial charge < -0.3 is 0 Å². The van der Waals surface area contributed by atoms with Crippen LogP contribution in [0.1, 0.15) is 38.8 Å². The van der Waals surface area contributed by atoms with Crippen molar-refractivity contribution in [2.24, 2.45) is 0 Å². The number of hydrogen-bond donors (Lipinski definition) is 1. The Morgan fingerprint density at radius 2 is 2.06 bits per heavy atom. The molecule has 0 spiro atoms. The molecule has 0 atom stereocenters. The van der Waals surface area contributed by atoms with Gasteiger partial charge in [0.2, 0.25) is 0 Å². The summed E-state index contributed by atoms with van der Waals surface area (Å²) in [7, 11) is 0. The number of thiol groups is 1. The smallest absolute Gasteiger partial charge is 0.193 e. The zero-order chi connectivity index (χ0) is 12.6. The van der Waals surface area contributed by atoms with E-state index in [0.29, 0.717) is 21.6 Å². The van der Waals surface area contributed by atoms with Gasteiger partial charge in [0, 0.05) is 21.6 Å². The van der Waals surface area contributed by atoms with Crippen molar-refractivity contribution in [2.75, 3.05) is 0 Å². The standard InChI is InChI=1S/C14H12O2S/c1-3-4-9-5-11-8(2)14(17)10(7-15)6-12(11)13(9)16/h3-7,17H,1-2H3. The largest absolute Gasteiger partial charge is 0.298 e. The summed E-state index contributed by atoms with van der Waals surface area (Å²) in [6, 6.07) is 1.62. The summed E-state index contributed by atoms with van der Waals surface area (Å²) < 4.78 is 0. The molecule has 0 unspecified atom stereocenters. The first-order valence-electron chi connectivity index (χ1n) is 5.31. The van der Waals surface area contributed by atoms with Crippen LogP contribution in [0.2, 0.25) is 0 Å². The predicted molar refractivity (Wildman–Crippen MR) is 70.9 cm³/mol. The van der Waals surface area contributed by atoms with Crippen molar-refractivity contribution in [3.63, 3.8) is 0 Å². The summed E-state index contributed by atoms with van der Waals surface area (Å²) in [6.45, 7) is 3.74. The molecule has 0 amide bonds. The Hall–Kier alpha value is -1.61. The van der Waals surface area contributed by atoms with Crippen molar-refractivity contribution in [1.29, 1.82) is 0 Å². The number of fused-ring (bicyclic) bond motifs is 1. The fourth-order valence-electron chi connectivity index (χ4n) is 1.99. The van der Waals surface area contributed by atoms with Crippen LogP contribution < -0.4 is 0 Å². The Morgan fingerprint density at radius 1 is 1.35 bits per heavy atom. The van der Waals surface area contributed by atoms with E-state index < -0.39 is 0 Å². The van der Waals surface area contributed by atoms with E-state index in [0.717, 1.165) is 17.4 Å². The third-order valence-corrected chi connectivity index (χ3v) is 3.50. The van der Waals surface area contributed by atoms with Crippen LogP contribution in [0.3, 0.4) is 0 Å². The summed E-state index contributed by atoms with van der Waals surface area (Å²) in [5.41, 5.74) is 3.46. The zero-order valence-corrected chi connectivity index (χ0v) is 10.5. The number of Topliss-reactive ketones (excluding diaryl/α,β-unsaturated/α-hetero) is 1. The lowest BCUT2D eigenvalue weighted by Gasteiger charge is -2.07. The molecule has 1 aliphatic carbocycles. The predicted octanol–water partition coefficient (Wildman–Crippen LogP) is 3.25. The molecule has 86 valence electrons. The van der Waals surface area contributed by atoms with Crippen molar-refractivity contribution in [3.05, 3.63) is 46.0 Å². The fourth-order valence-corrected chi connectivity index (χ4v) is 2.23. The lowest BCUT2D eigenvalue weighted by Crippen LogP contribution is -2.00. The summed E-state index contributed by atoms with van der Waals surface area (Å²) in [4.78, 5) is 23.6. The van der Waals surface area contributed by atoms with Crippen molar-refractivity contribution in [3.8, 4) is 0 Å². The van der Waals surface area contributed by atoms with E-state index >= 15 is 0 Å². The summed E-state index contributed by atoms with van der Waals surface area (Å²) in [6.07, 6.45) is 6.19. The van der Waals surface area contributed by atoms with E-state index in [-0.39, 0.29) is 5.78 Å². The Bertz CT molecular complexity index is 580. The van der Waals surface area contributed by atoms with E-state index in [2.05, 4.69) is 12.6 Å². The molecule has 0 saturated carbocycles. The van der Waals surface area contributed by atoms with Gasteiger partial charge in [-0.15, -0.1) is 12.6 Å². The highest BCUT2D eigenvalue weighted by molar-refractivity contribution is 7.80. The molecule has 0 fully saturated rings. The van der Waals surface area contributed by atoms with Crippen molar-refractivity contribution >= 4 is 30.8 Å². The van der Waals surface area contributed by atoms with Crippen LogP contribution >= 0.6 is 12.6 Å².